The average molecular weight is 198 g/mol. The van der Waals surface area contributed by atoms with E-state index in [4.69, 9.17) is 5.11 Å². The number of aliphatic hydroxyl groups excluding tert-OH is 1. The summed E-state index contributed by atoms with van der Waals surface area (Å²) >= 11 is 0.306. The zero-order valence-electron chi connectivity index (χ0n) is 3.76. The Morgan fingerprint density at radius 1 is 1.86 bits per heavy atom. The zero-order valence-corrected chi connectivity index (χ0v) is 7.49. The van der Waals surface area contributed by atoms with Crippen LogP contribution in [0.3, 0.4) is 0 Å². The second-order valence-corrected chi connectivity index (χ2v) is 9.55. The second-order valence-electron chi connectivity index (χ2n) is 1.33. The average Bonchev–Trinajstić information content (AvgIpc) is 2.14. The van der Waals surface area contributed by atoms with E-state index in [1.54, 1.807) is 0 Å². The Hall–Kier alpha value is 1.22. The van der Waals surface area contributed by atoms with Crippen LogP contribution >= 0.6 is 19.9 Å². The van der Waals surface area contributed by atoms with Crippen molar-refractivity contribution >= 4 is 34.4 Å². The van der Waals surface area contributed by atoms with Crippen molar-refractivity contribution in [1.29, 1.82) is 0 Å². The first-order valence-corrected chi connectivity index (χ1v) is 8.36. The molecule has 0 radical (unpaired) electrons. The molecule has 1 rings (SSSR count). The summed E-state index contributed by atoms with van der Waals surface area (Å²) in [4.78, 5) is 0. The molecule has 1 aliphatic heterocycles. The molecule has 4 heteroatoms. The number of hydrogen-bond donors (Lipinski definition) is 1. The van der Waals surface area contributed by atoms with Crippen molar-refractivity contribution in [2.45, 2.75) is 10.5 Å². The van der Waals surface area contributed by atoms with Gasteiger partial charge in [0.25, 0.3) is 0 Å². The number of rotatable bonds is 1. The van der Waals surface area contributed by atoms with Crippen LogP contribution < -0.4 is 0 Å². The van der Waals surface area contributed by atoms with Gasteiger partial charge in [0.15, 0.2) is 0 Å². The van der Waals surface area contributed by atoms with Gasteiger partial charge in [-0.15, -0.1) is 0 Å². The third kappa shape index (κ3) is 1.88. The molecule has 1 N–H and O–H groups in total. The molecule has 2 atom stereocenters. The molecule has 0 spiro atoms. The van der Waals surface area contributed by atoms with Crippen LogP contribution in [-0.4, -0.2) is 31.6 Å². The van der Waals surface area contributed by atoms with Gasteiger partial charge >= 0.3 is 56.6 Å². The van der Waals surface area contributed by atoms with Crippen LogP contribution in [0.2, 0.25) is 5.21 Å². The molecule has 0 aliphatic carbocycles. The van der Waals surface area contributed by atoms with Crippen LogP contribution in [0.1, 0.15) is 0 Å². The van der Waals surface area contributed by atoms with Crippen LogP contribution in [0.5, 0.6) is 0 Å². The predicted molar refractivity (Wildman–Crippen MR) is 38.0 cm³/mol. The van der Waals surface area contributed by atoms with Crippen molar-refractivity contribution in [3.8, 4) is 0 Å². The molecule has 1 heterocycles. The number of hydrogen-bond acceptors (Lipinski definition) is 3. The predicted octanol–water partition coefficient (Wildman–Crippen LogP) is 0.512. The first kappa shape index (κ1) is 6.34. The molecular weight excluding hydrogens is 191 g/mol. The normalized spacial score (nSPS) is 34.7. The van der Waals surface area contributed by atoms with Gasteiger partial charge in [0.05, 0.1) is 0 Å². The summed E-state index contributed by atoms with van der Waals surface area (Å²) < 4.78 is 0. The molecule has 7 heavy (non-hydrogen) atoms. The summed E-state index contributed by atoms with van der Waals surface area (Å²) in [5.41, 5.74) is 0. The van der Waals surface area contributed by atoms with Crippen LogP contribution in [0.25, 0.3) is 0 Å². The van der Waals surface area contributed by atoms with Crippen molar-refractivity contribution in [1.82, 2.24) is 0 Å². The van der Waals surface area contributed by atoms with E-state index in [2.05, 4.69) is 0 Å². The molecule has 1 aliphatic rings. The topological polar surface area (TPSA) is 20.2 Å². The van der Waals surface area contributed by atoms with E-state index < -0.39 is 0 Å². The summed E-state index contributed by atoms with van der Waals surface area (Å²) in [5, 5.41) is 10.5. The van der Waals surface area contributed by atoms with Crippen LogP contribution in [0.15, 0.2) is 0 Å². The van der Waals surface area contributed by atoms with Crippen LogP contribution in [-0.2, 0) is 0 Å². The van der Waals surface area contributed by atoms with Gasteiger partial charge < -0.3 is 0 Å². The zero-order chi connectivity index (χ0) is 5.11. The van der Waals surface area contributed by atoms with Crippen LogP contribution in [0.4, 0.5) is 0 Å². The van der Waals surface area contributed by atoms with E-state index in [9.17, 15) is 0 Å². The Morgan fingerprint density at radius 2 is 2.71 bits per heavy atom. The SMILES string of the molecule is OCC1C[AsH]SS1. The van der Waals surface area contributed by atoms with E-state index in [1.165, 1.54) is 5.21 Å². The number of aliphatic hydroxyl groups is 1. The van der Waals surface area contributed by atoms with Gasteiger partial charge in [-0.2, -0.15) is 0 Å². The molecule has 1 saturated heterocycles. The summed E-state index contributed by atoms with van der Waals surface area (Å²) in [6.07, 6.45) is 0. The Balaban J connectivity index is 2.14. The van der Waals surface area contributed by atoms with Crippen molar-refractivity contribution in [3.05, 3.63) is 0 Å². The molecule has 0 amide bonds. The standard InChI is InChI=1S/C3H7AsOS2/c5-2-3-1-4-7-6-3/h3-5H,1-2H2. The summed E-state index contributed by atoms with van der Waals surface area (Å²) in [5.74, 6) is 0. The van der Waals surface area contributed by atoms with E-state index in [0.717, 1.165) is 0 Å². The molecule has 0 saturated carbocycles. The first-order chi connectivity index (χ1) is 3.43. The molecule has 0 aromatic carbocycles. The van der Waals surface area contributed by atoms with Crippen molar-refractivity contribution in [3.63, 3.8) is 0 Å². The van der Waals surface area contributed by atoms with Gasteiger partial charge in [-0.3, -0.25) is 0 Å². The van der Waals surface area contributed by atoms with Gasteiger partial charge in [0.1, 0.15) is 0 Å². The molecular formula is C3H7AsOS2. The Kier molecular flexibility index (Phi) is 2.98. The molecule has 0 aromatic heterocycles. The minimum atomic E-state index is 0.306. The first-order valence-electron chi connectivity index (χ1n) is 2.09. The van der Waals surface area contributed by atoms with Crippen molar-refractivity contribution in [2.24, 2.45) is 0 Å². The minimum absolute atomic E-state index is 0.306. The van der Waals surface area contributed by atoms with Gasteiger partial charge in [0, 0.05) is 0 Å². The van der Waals surface area contributed by atoms with Gasteiger partial charge in [-0.25, -0.2) is 0 Å². The third-order valence-corrected chi connectivity index (χ3v) is 9.93. The fourth-order valence-corrected chi connectivity index (χ4v) is 11.1. The Morgan fingerprint density at radius 3 is 3.00 bits per heavy atom. The molecule has 0 bridgehead atoms. The van der Waals surface area contributed by atoms with Gasteiger partial charge in [-0.1, -0.05) is 0 Å². The van der Waals surface area contributed by atoms with Gasteiger partial charge in [-0.05, 0) is 0 Å². The quantitative estimate of drug-likeness (QED) is 0.489. The fourth-order valence-electron chi connectivity index (χ4n) is 0.358. The van der Waals surface area contributed by atoms with Crippen molar-refractivity contribution in [2.75, 3.05) is 6.61 Å². The Bertz CT molecular complexity index is 54.9. The van der Waals surface area contributed by atoms with E-state index in [0.29, 0.717) is 26.5 Å². The Labute approximate surface area is 56.7 Å². The second kappa shape index (κ2) is 3.28. The van der Waals surface area contributed by atoms with Crippen LogP contribution in [0, 0.1) is 0 Å². The van der Waals surface area contributed by atoms with E-state index in [-0.39, 0.29) is 0 Å². The molecule has 0 aromatic rings. The third-order valence-electron chi connectivity index (χ3n) is 0.758. The fraction of sp³-hybridized carbons (Fsp3) is 1.00. The van der Waals surface area contributed by atoms with E-state index >= 15 is 0 Å². The summed E-state index contributed by atoms with van der Waals surface area (Å²) in [6, 6.07) is 0. The summed E-state index contributed by atoms with van der Waals surface area (Å²) in [6.45, 7) is 0.390. The maximum absolute atomic E-state index is 8.55. The molecule has 42 valence electrons. The van der Waals surface area contributed by atoms with E-state index in [1.807, 2.05) is 19.9 Å². The summed E-state index contributed by atoms with van der Waals surface area (Å²) in [7, 11) is 3.85. The van der Waals surface area contributed by atoms with Gasteiger partial charge in [0.2, 0.25) is 0 Å². The maximum atomic E-state index is 8.55. The molecule has 2 unspecified atom stereocenters. The molecule has 1 nitrogen and oxygen atoms in total. The molecule has 1 fully saturated rings. The monoisotopic (exact) mass is 198 g/mol. The van der Waals surface area contributed by atoms with Crippen molar-refractivity contribution < 1.29 is 5.11 Å².